The predicted molar refractivity (Wildman–Crippen MR) is 82.6 cm³/mol. The molecule has 0 heterocycles. The van der Waals surface area contributed by atoms with Crippen molar-refractivity contribution in [3.63, 3.8) is 0 Å². The lowest BCUT2D eigenvalue weighted by molar-refractivity contribution is 0.600. The summed E-state index contributed by atoms with van der Waals surface area (Å²) in [5.74, 6) is 0. The van der Waals surface area contributed by atoms with Gasteiger partial charge in [-0.2, -0.15) is 5.26 Å². The summed E-state index contributed by atoms with van der Waals surface area (Å²) in [5, 5.41) is 9.17. The van der Waals surface area contributed by atoms with Gasteiger partial charge in [0.25, 0.3) is 10.0 Å². The van der Waals surface area contributed by atoms with Gasteiger partial charge in [-0.05, 0) is 44.0 Å². The molecule has 21 heavy (non-hydrogen) atoms. The Balaban J connectivity index is 2.48. The Morgan fingerprint density at radius 3 is 2.38 bits per heavy atom. The molecule has 0 unspecified atom stereocenters. The third-order valence-corrected chi connectivity index (χ3v) is 4.77. The Kier molecular flexibility index (Phi) is 4.01. The normalized spacial score (nSPS) is 11.0. The van der Waals surface area contributed by atoms with Crippen LogP contribution in [-0.4, -0.2) is 8.42 Å². The average molecular weight is 300 g/mol. The zero-order chi connectivity index (χ0) is 15.6. The fourth-order valence-electron chi connectivity index (χ4n) is 2.20. The van der Waals surface area contributed by atoms with Crippen LogP contribution in [0.1, 0.15) is 22.3 Å². The highest BCUT2D eigenvalue weighted by Crippen LogP contribution is 2.24. The molecule has 0 fully saturated rings. The van der Waals surface area contributed by atoms with Crippen LogP contribution >= 0.6 is 0 Å². The maximum Gasteiger partial charge on any atom is 0.262 e. The Hall–Kier alpha value is -2.32. The fraction of sp³-hybridized carbons (Fsp3) is 0.188. The topological polar surface area (TPSA) is 70.0 Å². The minimum Gasteiger partial charge on any atom is -0.278 e. The maximum absolute atomic E-state index is 12.5. The van der Waals surface area contributed by atoms with E-state index >= 15 is 0 Å². The standard InChI is InChI=1S/C16H16N2O2S/c1-11-7-8-16(13(3)9-11)21(19,20)18-15-6-4-5-12(2)14(15)10-17/h4-9,18H,1-3H3. The third kappa shape index (κ3) is 3.06. The van der Waals surface area contributed by atoms with E-state index < -0.39 is 10.0 Å². The largest absolute Gasteiger partial charge is 0.278 e. The number of hydrogen-bond acceptors (Lipinski definition) is 3. The second-order valence-electron chi connectivity index (χ2n) is 4.98. The molecule has 0 aliphatic carbocycles. The van der Waals surface area contributed by atoms with Gasteiger partial charge in [0.1, 0.15) is 6.07 Å². The Bertz CT molecular complexity index is 834. The molecular formula is C16H16N2O2S. The SMILES string of the molecule is Cc1ccc(S(=O)(=O)Nc2cccc(C)c2C#N)c(C)c1. The summed E-state index contributed by atoms with van der Waals surface area (Å²) in [6.45, 7) is 5.43. The van der Waals surface area contributed by atoms with E-state index in [9.17, 15) is 13.7 Å². The average Bonchev–Trinajstić information content (AvgIpc) is 2.38. The van der Waals surface area contributed by atoms with Crippen LogP contribution in [-0.2, 0) is 10.0 Å². The van der Waals surface area contributed by atoms with E-state index in [0.717, 1.165) is 11.1 Å². The molecule has 0 aliphatic rings. The number of hydrogen-bond donors (Lipinski definition) is 1. The van der Waals surface area contributed by atoms with Gasteiger partial charge in [-0.25, -0.2) is 8.42 Å². The van der Waals surface area contributed by atoms with Crippen LogP contribution < -0.4 is 4.72 Å². The zero-order valence-electron chi connectivity index (χ0n) is 12.1. The van der Waals surface area contributed by atoms with E-state index in [1.165, 1.54) is 0 Å². The van der Waals surface area contributed by atoms with Gasteiger partial charge in [-0.1, -0.05) is 29.8 Å². The van der Waals surface area contributed by atoms with Crippen LogP contribution in [0.5, 0.6) is 0 Å². The molecule has 0 saturated heterocycles. The second kappa shape index (κ2) is 5.58. The van der Waals surface area contributed by atoms with E-state index in [-0.39, 0.29) is 4.90 Å². The highest BCUT2D eigenvalue weighted by atomic mass is 32.2. The summed E-state index contributed by atoms with van der Waals surface area (Å²) in [4.78, 5) is 0.221. The molecule has 0 spiro atoms. The number of aryl methyl sites for hydroxylation is 3. The summed E-state index contributed by atoms with van der Waals surface area (Å²) in [7, 11) is -3.71. The van der Waals surface area contributed by atoms with Crippen molar-refractivity contribution in [3.8, 4) is 6.07 Å². The van der Waals surface area contributed by atoms with Gasteiger partial charge in [0.2, 0.25) is 0 Å². The minimum atomic E-state index is -3.71. The van der Waals surface area contributed by atoms with Crippen molar-refractivity contribution in [2.75, 3.05) is 4.72 Å². The fourth-order valence-corrected chi connectivity index (χ4v) is 3.50. The summed E-state index contributed by atoms with van der Waals surface area (Å²) in [6.07, 6.45) is 0. The molecule has 0 atom stereocenters. The molecule has 0 amide bonds. The van der Waals surface area contributed by atoms with Crippen molar-refractivity contribution in [1.29, 1.82) is 5.26 Å². The number of rotatable bonds is 3. The van der Waals surface area contributed by atoms with Gasteiger partial charge >= 0.3 is 0 Å². The van der Waals surface area contributed by atoms with Gasteiger partial charge in [-0.15, -0.1) is 0 Å². The van der Waals surface area contributed by atoms with E-state index in [1.807, 2.05) is 19.1 Å². The van der Waals surface area contributed by atoms with Crippen molar-refractivity contribution < 1.29 is 8.42 Å². The first-order chi connectivity index (χ1) is 9.85. The number of sulfonamides is 1. The first-order valence-corrected chi connectivity index (χ1v) is 7.93. The van der Waals surface area contributed by atoms with E-state index in [2.05, 4.69) is 4.72 Å². The summed E-state index contributed by atoms with van der Waals surface area (Å²) < 4.78 is 27.5. The van der Waals surface area contributed by atoms with Crippen molar-refractivity contribution in [1.82, 2.24) is 0 Å². The van der Waals surface area contributed by atoms with Crippen LogP contribution in [0, 0.1) is 32.1 Å². The van der Waals surface area contributed by atoms with Crippen LogP contribution in [0.3, 0.4) is 0 Å². The molecular weight excluding hydrogens is 284 g/mol. The van der Waals surface area contributed by atoms with Crippen molar-refractivity contribution in [3.05, 3.63) is 58.7 Å². The minimum absolute atomic E-state index is 0.221. The number of nitriles is 1. The lowest BCUT2D eigenvalue weighted by atomic mass is 10.1. The maximum atomic E-state index is 12.5. The number of anilines is 1. The molecule has 1 N–H and O–H groups in total. The predicted octanol–water partition coefficient (Wildman–Crippen LogP) is 3.28. The molecule has 0 aliphatic heterocycles. The Labute approximate surface area is 125 Å². The number of nitrogens with one attached hydrogen (secondary N) is 1. The van der Waals surface area contributed by atoms with Crippen LogP contribution in [0.2, 0.25) is 0 Å². The van der Waals surface area contributed by atoms with E-state index in [4.69, 9.17) is 0 Å². The summed E-state index contributed by atoms with van der Waals surface area (Å²) >= 11 is 0. The van der Waals surface area contributed by atoms with Gasteiger partial charge in [-0.3, -0.25) is 4.72 Å². The molecule has 2 aromatic carbocycles. The first kappa shape index (κ1) is 15.1. The molecule has 2 rings (SSSR count). The molecule has 0 aromatic heterocycles. The first-order valence-electron chi connectivity index (χ1n) is 6.45. The Morgan fingerprint density at radius 1 is 1.05 bits per heavy atom. The van der Waals surface area contributed by atoms with Gasteiger partial charge in [0.05, 0.1) is 16.1 Å². The molecule has 4 nitrogen and oxygen atoms in total. The molecule has 108 valence electrons. The van der Waals surface area contributed by atoms with Gasteiger partial charge in [0, 0.05) is 0 Å². The van der Waals surface area contributed by atoms with Crippen molar-refractivity contribution >= 4 is 15.7 Å². The van der Waals surface area contributed by atoms with Crippen molar-refractivity contribution in [2.45, 2.75) is 25.7 Å². The molecule has 5 heteroatoms. The van der Waals surface area contributed by atoms with Crippen LogP contribution in [0.15, 0.2) is 41.3 Å². The third-order valence-electron chi connectivity index (χ3n) is 3.25. The van der Waals surface area contributed by atoms with Crippen LogP contribution in [0.25, 0.3) is 0 Å². The smallest absolute Gasteiger partial charge is 0.262 e. The summed E-state index contributed by atoms with van der Waals surface area (Å²) in [6, 6.07) is 12.3. The van der Waals surface area contributed by atoms with Crippen molar-refractivity contribution in [2.24, 2.45) is 0 Å². The molecule has 0 bridgehead atoms. The van der Waals surface area contributed by atoms with E-state index in [0.29, 0.717) is 16.8 Å². The number of benzene rings is 2. The molecule has 2 aromatic rings. The quantitative estimate of drug-likeness (QED) is 0.945. The highest BCUT2D eigenvalue weighted by molar-refractivity contribution is 7.92. The highest BCUT2D eigenvalue weighted by Gasteiger charge is 2.18. The van der Waals surface area contributed by atoms with Gasteiger partial charge < -0.3 is 0 Å². The molecule has 0 saturated carbocycles. The lowest BCUT2D eigenvalue weighted by Crippen LogP contribution is -2.15. The van der Waals surface area contributed by atoms with E-state index in [1.54, 1.807) is 44.2 Å². The van der Waals surface area contributed by atoms with Crippen LogP contribution in [0.4, 0.5) is 5.69 Å². The summed E-state index contributed by atoms with van der Waals surface area (Å²) in [5.41, 5.74) is 3.05. The Morgan fingerprint density at radius 2 is 1.76 bits per heavy atom. The zero-order valence-corrected chi connectivity index (χ0v) is 13.0. The van der Waals surface area contributed by atoms with Gasteiger partial charge in [0.15, 0.2) is 0 Å². The lowest BCUT2D eigenvalue weighted by Gasteiger charge is -2.12. The molecule has 0 radical (unpaired) electrons. The monoisotopic (exact) mass is 300 g/mol. The number of nitrogens with zero attached hydrogens (tertiary/aromatic N) is 1. The second-order valence-corrected chi connectivity index (χ2v) is 6.63.